The molecule has 0 radical (unpaired) electrons. The molecule has 1 saturated heterocycles. The molecule has 0 bridgehead atoms. The van der Waals surface area contributed by atoms with Crippen molar-refractivity contribution in [3.8, 4) is 5.75 Å². The lowest BCUT2D eigenvalue weighted by Crippen LogP contribution is -2.37. The molecule has 0 atom stereocenters. The number of fused-ring (bicyclic) bond motifs is 2. The molecule has 0 spiro atoms. The number of anilines is 2. The quantitative estimate of drug-likeness (QED) is 0.0858. The number of ether oxygens (including phenoxy) is 2. The third-order valence-corrected chi connectivity index (χ3v) is 9.82. The zero-order chi connectivity index (χ0) is 42.5. The van der Waals surface area contributed by atoms with Crippen LogP contribution in [0.25, 0.3) is 22.2 Å². The van der Waals surface area contributed by atoms with Gasteiger partial charge in [0, 0.05) is 56.9 Å². The first kappa shape index (κ1) is 41.0. The van der Waals surface area contributed by atoms with Crippen molar-refractivity contribution in [2.75, 3.05) is 50.1 Å². The maximum Gasteiger partial charge on any atom is 0.261 e. The predicted molar refractivity (Wildman–Crippen MR) is 220 cm³/mol. The van der Waals surface area contributed by atoms with Gasteiger partial charge < -0.3 is 25.5 Å². The molecule has 6 N–H and O–H groups in total. The normalized spacial score (nSPS) is 13.3. The molecular weight excluding hydrogens is 773 g/mol. The van der Waals surface area contributed by atoms with Crippen molar-refractivity contribution < 1.29 is 28.7 Å². The van der Waals surface area contributed by atoms with Gasteiger partial charge in [0.15, 0.2) is 5.65 Å². The summed E-state index contributed by atoms with van der Waals surface area (Å²) in [5, 5.41) is 5.73. The van der Waals surface area contributed by atoms with Crippen LogP contribution < -0.4 is 26.8 Å². The van der Waals surface area contributed by atoms with Crippen molar-refractivity contribution in [3.05, 3.63) is 94.2 Å². The van der Waals surface area contributed by atoms with Crippen LogP contribution in [0.1, 0.15) is 70.9 Å². The van der Waals surface area contributed by atoms with Gasteiger partial charge >= 0.3 is 0 Å². The Labute approximate surface area is 343 Å². The summed E-state index contributed by atoms with van der Waals surface area (Å²) in [5.74, 6) is -0.614. The number of amides is 4. The van der Waals surface area contributed by atoms with Crippen LogP contribution in [0.3, 0.4) is 0 Å². The number of pyridine rings is 1. The van der Waals surface area contributed by atoms with Gasteiger partial charge in [-0.05, 0) is 52.3 Å². The fourth-order valence-electron chi connectivity index (χ4n) is 6.77. The average molecular weight is 817 g/mol. The zero-order valence-corrected chi connectivity index (χ0v) is 33.6. The number of hydrogen-bond acceptors (Lipinski definition) is 14. The van der Waals surface area contributed by atoms with Crippen LogP contribution >= 0.6 is 0 Å². The monoisotopic (exact) mass is 816 g/mol. The smallest absolute Gasteiger partial charge is 0.261 e. The van der Waals surface area contributed by atoms with E-state index in [2.05, 4.69) is 45.4 Å². The molecular formula is C40H44N14O6. The molecule has 0 unspecified atom stereocenters. The van der Waals surface area contributed by atoms with Gasteiger partial charge in [0.25, 0.3) is 11.8 Å². The summed E-state index contributed by atoms with van der Waals surface area (Å²) in [6.45, 7) is 11.4. The minimum Gasteiger partial charge on any atom is -0.491 e. The highest BCUT2D eigenvalue weighted by Crippen LogP contribution is 2.32. The first-order chi connectivity index (χ1) is 28.9. The van der Waals surface area contributed by atoms with Crippen LogP contribution in [0.2, 0.25) is 0 Å². The van der Waals surface area contributed by atoms with Crippen molar-refractivity contribution in [3.63, 3.8) is 0 Å². The Morgan fingerprint density at radius 2 is 1.30 bits per heavy atom. The molecule has 1 aromatic carbocycles. The number of nitrogens with zero attached hydrogens (tertiary/aromatic N) is 10. The van der Waals surface area contributed by atoms with Gasteiger partial charge in [-0.15, -0.1) is 0 Å². The number of benzene rings is 1. The van der Waals surface area contributed by atoms with Crippen molar-refractivity contribution >= 4 is 57.7 Å². The third kappa shape index (κ3) is 9.08. The van der Waals surface area contributed by atoms with Crippen molar-refractivity contribution in [1.29, 1.82) is 0 Å². The summed E-state index contributed by atoms with van der Waals surface area (Å²) in [4.78, 5) is 84.6. The van der Waals surface area contributed by atoms with E-state index < -0.39 is 23.6 Å². The molecule has 7 rings (SSSR count). The molecule has 1 aliphatic heterocycles. The van der Waals surface area contributed by atoms with Crippen LogP contribution in [-0.2, 0) is 17.8 Å². The lowest BCUT2D eigenvalue weighted by Gasteiger charge is -2.26. The van der Waals surface area contributed by atoms with E-state index in [1.165, 1.54) is 24.7 Å². The Hall–Kier alpha value is -7.19. The van der Waals surface area contributed by atoms with Gasteiger partial charge in [-0.1, -0.05) is 12.2 Å². The number of hydrogen-bond donors (Lipinski definition) is 4. The highest BCUT2D eigenvalue weighted by molar-refractivity contribution is 6.06. The van der Waals surface area contributed by atoms with Crippen LogP contribution in [0.4, 0.5) is 11.9 Å². The number of rotatable bonds is 15. The number of imidazole rings is 2. The molecule has 4 amide bonds. The largest absolute Gasteiger partial charge is 0.491 e. The highest BCUT2D eigenvalue weighted by atomic mass is 16.5. The fraction of sp³-hybridized carbons (Fsp3) is 0.325. The second-order valence-electron chi connectivity index (χ2n) is 14.1. The minimum absolute atomic E-state index is 0.149. The highest BCUT2D eigenvalue weighted by Gasteiger charge is 2.22. The predicted octanol–water partition coefficient (Wildman–Crippen LogP) is 2.65. The van der Waals surface area contributed by atoms with E-state index in [4.69, 9.17) is 25.9 Å². The standard InChI is InChI=1S/C40H44N14O6/c1-22-28(20-43-24(3)46-22)37(57)50-39-48-30-16-26(34(41)55)18-32(60-13-7-8-52-11-14-59-15-12-52)33(30)53(39)9-5-6-10-54-36-31(17-27(19-45-36)35(42)56)49-40(54)51-38(58)29-21-44-25(4)47-23(29)2/h5-6,16-21H,7-15H2,1-4H3,(H2,41,55)(H2,42,56)(H,48,50,57)(H,49,51,58)/b6-5+. The summed E-state index contributed by atoms with van der Waals surface area (Å²) >= 11 is 0. The molecule has 1 aliphatic rings. The molecule has 310 valence electrons. The number of carbonyl (C=O) groups excluding carboxylic acids is 4. The zero-order valence-electron chi connectivity index (χ0n) is 33.6. The number of morpholine rings is 1. The van der Waals surface area contributed by atoms with Gasteiger partial charge in [-0.25, -0.2) is 34.9 Å². The number of nitrogens with one attached hydrogen (secondary N) is 2. The Morgan fingerprint density at radius 1 is 0.733 bits per heavy atom. The molecule has 20 nitrogen and oxygen atoms in total. The van der Waals surface area contributed by atoms with Crippen molar-refractivity contribution in [2.24, 2.45) is 11.5 Å². The Morgan fingerprint density at radius 3 is 1.90 bits per heavy atom. The summed E-state index contributed by atoms with van der Waals surface area (Å²) in [6, 6.07) is 4.62. The average Bonchev–Trinajstić information content (AvgIpc) is 3.74. The number of aryl methyl sites for hydroxylation is 4. The second-order valence-corrected chi connectivity index (χ2v) is 14.1. The topological polar surface area (TPSA) is 266 Å². The first-order valence-electron chi connectivity index (χ1n) is 19.2. The van der Waals surface area contributed by atoms with Gasteiger partial charge in [0.2, 0.25) is 23.7 Å². The van der Waals surface area contributed by atoms with Crippen LogP contribution in [0.5, 0.6) is 5.75 Å². The minimum atomic E-state index is -0.680. The van der Waals surface area contributed by atoms with Crippen LogP contribution in [0, 0.1) is 27.7 Å². The summed E-state index contributed by atoms with van der Waals surface area (Å²) < 4.78 is 15.2. The summed E-state index contributed by atoms with van der Waals surface area (Å²) in [5.41, 5.74) is 14.7. The number of aromatic nitrogens is 9. The van der Waals surface area contributed by atoms with Crippen molar-refractivity contribution in [1.82, 2.24) is 48.9 Å². The van der Waals surface area contributed by atoms with Crippen molar-refractivity contribution in [2.45, 2.75) is 47.2 Å². The number of primary amides is 2. The second kappa shape index (κ2) is 17.7. The molecule has 6 aromatic rings. The van der Waals surface area contributed by atoms with Gasteiger partial charge in [0.05, 0.1) is 53.4 Å². The molecule has 0 aliphatic carbocycles. The Bertz CT molecular complexity index is 2660. The van der Waals surface area contributed by atoms with E-state index in [-0.39, 0.29) is 47.2 Å². The van der Waals surface area contributed by atoms with E-state index in [0.717, 1.165) is 19.6 Å². The SMILES string of the molecule is Cc1ncc(C(=O)Nc2nc3cc(C(N)=O)cnc3n2C/C=C/Cn2c(NC(=O)c3cnc(C)nc3C)nc3cc(C(N)=O)cc(OCCCN4CCOCC4)c32)c(C)n1. The lowest BCUT2D eigenvalue weighted by molar-refractivity contribution is 0.0358. The Balaban J connectivity index is 1.22. The molecule has 5 aromatic heterocycles. The summed E-state index contributed by atoms with van der Waals surface area (Å²) in [7, 11) is 0. The van der Waals surface area contributed by atoms with Gasteiger partial charge in [-0.2, -0.15) is 0 Å². The molecule has 1 fully saturated rings. The number of carbonyl (C=O) groups is 4. The summed E-state index contributed by atoms with van der Waals surface area (Å²) in [6.07, 6.45) is 8.58. The van der Waals surface area contributed by atoms with Gasteiger partial charge in [-0.3, -0.25) is 39.3 Å². The molecule has 6 heterocycles. The van der Waals surface area contributed by atoms with Crippen LogP contribution in [-0.4, -0.2) is 112 Å². The Kier molecular flexibility index (Phi) is 12.1. The number of allylic oxidation sites excluding steroid dienone is 2. The van der Waals surface area contributed by atoms with E-state index in [0.29, 0.717) is 77.2 Å². The number of nitrogens with two attached hydrogens (primary N) is 2. The molecule has 60 heavy (non-hydrogen) atoms. The maximum absolute atomic E-state index is 13.7. The molecule has 0 saturated carbocycles. The molecule has 20 heteroatoms. The van der Waals surface area contributed by atoms with E-state index in [9.17, 15) is 19.2 Å². The lowest BCUT2D eigenvalue weighted by atomic mass is 10.1. The maximum atomic E-state index is 13.7. The van der Waals surface area contributed by atoms with Crippen LogP contribution in [0.15, 0.2) is 48.9 Å². The van der Waals surface area contributed by atoms with Gasteiger partial charge in [0.1, 0.15) is 28.4 Å². The van der Waals surface area contributed by atoms with E-state index in [1.54, 1.807) is 49.0 Å². The van der Waals surface area contributed by atoms with E-state index in [1.807, 2.05) is 12.2 Å². The van der Waals surface area contributed by atoms with E-state index >= 15 is 0 Å². The first-order valence-corrected chi connectivity index (χ1v) is 19.2. The fourth-order valence-corrected chi connectivity index (χ4v) is 6.77. The third-order valence-electron chi connectivity index (χ3n) is 9.82.